The second kappa shape index (κ2) is 6.39. The van der Waals surface area contributed by atoms with Gasteiger partial charge in [0.05, 0.1) is 12.2 Å². The van der Waals surface area contributed by atoms with Gasteiger partial charge in [-0.05, 0) is 25.1 Å². The van der Waals surface area contributed by atoms with Crippen LogP contribution in [0.1, 0.15) is 34.1 Å². The molecule has 1 aromatic carbocycles. The highest BCUT2D eigenvalue weighted by Gasteiger charge is 2.18. The molecule has 0 unspecified atom stereocenters. The zero-order valence-corrected chi connectivity index (χ0v) is 11.0. The average molecular weight is 301 g/mol. The number of esters is 1. The van der Waals surface area contributed by atoms with Crippen molar-refractivity contribution in [2.24, 2.45) is 0 Å². The van der Waals surface area contributed by atoms with E-state index in [0.717, 1.165) is 0 Å². The van der Waals surface area contributed by atoms with Crippen molar-refractivity contribution in [2.75, 3.05) is 11.9 Å². The van der Waals surface area contributed by atoms with Gasteiger partial charge in [0.2, 0.25) is 0 Å². The van der Waals surface area contributed by atoms with Gasteiger partial charge in [-0.1, -0.05) is 15.9 Å². The van der Waals surface area contributed by atoms with Crippen LogP contribution in [0.25, 0.3) is 0 Å². The molecule has 1 aromatic rings. The van der Waals surface area contributed by atoms with Crippen molar-refractivity contribution in [3.8, 4) is 5.75 Å². The average Bonchev–Trinajstić information content (AvgIpc) is 2.29. The van der Waals surface area contributed by atoms with Gasteiger partial charge in [-0.15, -0.1) is 0 Å². The summed E-state index contributed by atoms with van der Waals surface area (Å²) in [6, 6.07) is 4.04. The third kappa shape index (κ3) is 3.56. The fourth-order valence-corrected chi connectivity index (χ4v) is 1.73. The highest BCUT2D eigenvalue weighted by Crippen LogP contribution is 2.19. The van der Waals surface area contributed by atoms with E-state index >= 15 is 0 Å². The molecule has 0 amide bonds. The van der Waals surface area contributed by atoms with E-state index in [1.807, 2.05) is 0 Å². The van der Waals surface area contributed by atoms with Crippen LogP contribution in [0.5, 0.6) is 5.75 Å². The predicted octanol–water partition coefficient (Wildman–Crippen LogP) is 2.54. The Kier molecular flexibility index (Phi) is 5.15. The molecule has 1 N–H and O–H groups in total. The molecule has 0 saturated carbocycles. The first-order chi connectivity index (χ1) is 8.10. The Morgan fingerprint density at radius 3 is 2.65 bits per heavy atom. The maximum absolute atomic E-state index is 11.8. The highest BCUT2D eigenvalue weighted by molar-refractivity contribution is 9.09. The molecule has 0 heterocycles. The largest absolute Gasteiger partial charge is 0.508 e. The lowest BCUT2D eigenvalue weighted by Gasteiger charge is -2.08. The fraction of sp³-hybridized carbons (Fsp3) is 0.333. The molecule has 92 valence electrons. The van der Waals surface area contributed by atoms with Crippen LogP contribution in [-0.4, -0.2) is 28.8 Å². The molecule has 0 radical (unpaired) electrons. The Hall–Kier alpha value is -1.36. The number of aromatic hydroxyl groups is 1. The van der Waals surface area contributed by atoms with Gasteiger partial charge in [-0.25, -0.2) is 4.79 Å². The number of phenolic OH excluding ortho intramolecular Hbond substituents is 1. The minimum absolute atomic E-state index is 0.0454. The summed E-state index contributed by atoms with van der Waals surface area (Å²) < 4.78 is 4.85. The van der Waals surface area contributed by atoms with Crippen molar-refractivity contribution in [2.45, 2.75) is 13.3 Å². The number of ketones is 1. The summed E-state index contributed by atoms with van der Waals surface area (Å²) in [4.78, 5) is 23.4. The number of phenols is 1. The van der Waals surface area contributed by atoms with Crippen molar-refractivity contribution in [1.29, 1.82) is 0 Å². The zero-order valence-electron chi connectivity index (χ0n) is 9.40. The molecule has 1 rings (SSSR count). The maximum Gasteiger partial charge on any atom is 0.338 e. The number of ether oxygens (including phenoxy) is 1. The van der Waals surface area contributed by atoms with Gasteiger partial charge in [0.25, 0.3) is 0 Å². The Morgan fingerprint density at radius 2 is 2.06 bits per heavy atom. The van der Waals surface area contributed by atoms with E-state index < -0.39 is 5.97 Å². The van der Waals surface area contributed by atoms with Gasteiger partial charge in [-0.2, -0.15) is 0 Å². The van der Waals surface area contributed by atoms with Crippen molar-refractivity contribution < 1.29 is 19.4 Å². The van der Waals surface area contributed by atoms with Crippen LogP contribution in [-0.2, 0) is 4.74 Å². The van der Waals surface area contributed by atoms with Crippen molar-refractivity contribution in [3.05, 3.63) is 29.3 Å². The first-order valence-corrected chi connectivity index (χ1v) is 6.31. The van der Waals surface area contributed by atoms with E-state index in [-0.39, 0.29) is 35.7 Å². The first-order valence-electron chi connectivity index (χ1n) is 5.19. The summed E-state index contributed by atoms with van der Waals surface area (Å²) in [5, 5.41) is 9.85. The summed E-state index contributed by atoms with van der Waals surface area (Å²) in [6.07, 6.45) is 0.260. The van der Waals surface area contributed by atoms with E-state index in [0.29, 0.717) is 5.33 Å². The normalized spacial score (nSPS) is 10.0. The van der Waals surface area contributed by atoms with Crippen LogP contribution < -0.4 is 0 Å². The van der Waals surface area contributed by atoms with Crippen LogP contribution in [0.3, 0.4) is 0 Å². The van der Waals surface area contributed by atoms with Gasteiger partial charge < -0.3 is 9.84 Å². The van der Waals surface area contributed by atoms with Gasteiger partial charge in [0.15, 0.2) is 5.78 Å². The SMILES string of the molecule is CCOC(=O)c1ccc(O)cc1C(=O)CCBr. The number of benzene rings is 1. The molecule has 0 aliphatic carbocycles. The molecule has 0 aliphatic rings. The number of carbonyl (C=O) groups is 2. The highest BCUT2D eigenvalue weighted by atomic mass is 79.9. The number of rotatable bonds is 5. The Balaban J connectivity index is 3.11. The fourth-order valence-electron chi connectivity index (χ4n) is 1.37. The molecule has 5 heteroatoms. The molecule has 0 aromatic heterocycles. The Bertz CT molecular complexity index is 429. The van der Waals surface area contributed by atoms with Crippen LogP contribution in [0.2, 0.25) is 0 Å². The van der Waals surface area contributed by atoms with E-state index in [9.17, 15) is 14.7 Å². The number of alkyl halides is 1. The number of Topliss-reactive ketones (excluding diaryl/α,β-unsaturated/α-hetero) is 1. The summed E-state index contributed by atoms with van der Waals surface area (Å²) in [7, 11) is 0. The summed E-state index contributed by atoms with van der Waals surface area (Å²) in [6.45, 7) is 1.93. The van der Waals surface area contributed by atoms with Crippen molar-refractivity contribution in [3.63, 3.8) is 0 Å². The molecule has 0 saturated heterocycles. The number of carbonyl (C=O) groups excluding carboxylic acids is 2. The Morgan fingerprint density at radius 1 is 1.35 bits per heavy atom. The van der Waals surface area contributed by atoms with Crippen molar-refractivity contribution in [1.82, 2.24) is 0 Å². The zero-order chi connectivity index (χ0) is 12.8. The molecule has 17 heavy (non-hydrogen) atoms. The van der Waals surface area contributed by atoms with Crippen LogP contribution >= 0.6 is 15.9 Å². The second-order valence-corrected chi connectivity index (χ2v) is 4.11. The molecular weight excluding hydrogens is 288 g/mol. The van der Waals surface area contributed by atoms with E-state index in [2.05, 4.69) is 15.9 Å². The minimum Gasteiger partial charge on any atom is -0.508 e. The summed E-state index contributed by atoms with van der Waals surface area (Å²) in [5.74, 6) is -0.803. The molecular formula is C12H13BrO4. The molecule has 4 nitrogen and oxygen atoms in total. The number of halogens is 1. The molecule has 0 fully saturated rings. The lowest BCUT2D eigenvalue weighted by Crippen LogP contribution is -2.12. The van der Waals surface area contributed by atoms with Crippen LogP contribution in [0.4, 0.5) is 0 Å². The third-order valence-corrected chi connectivity index (χ3v) is 2.52. The number of hydrogen-bond acceptors (Lipinski definition) is 4. The van der Waals surface area contributed by atoms with Gasteiger partial charge in [-0.3, -0.25) is 4.79 Å². The van der Waals surface area contributed by atoms with E-state index in [4.69, 9.17) is 4.74 Å². The van der Waals surface area contributed by atoms with Gasteiger partial charge in [0.1, 0.15) is 5.75 Å². The monoisotopic (exact) mass is 300 g/mol. The number of hydrogen-bond donors (Lipinski definition) is 1. The van der Waals surface area contributed by atoms with E-state index in [1.165, 1.54) is 18.2 Å². The summed E-state index contributed by atoms with van der Waals surface area (Å²) >= 11 is 3.16. The van der Waals surface area contributed by atoms with Crippen LogP contribution in [0.15, 0.2) is 18.2 Å². The second-order valence-electron chi connectivity index (χ2n) is 3.31. The summed E-state index contributed by atoms with van der Waals surface area (Å²) in [5.41, 5.74) is 0.388. The lowest BCUT2D eigenvalue weighted by atomic mass is 10.0. The third-order valence-electron chi connectivity index (χ3n) is 2.12. The standard InChI is InChI=1S/C12H13BrO4/c1-2-17-12(16)9-4-3-8(14)7-10(9)11(15)5-6-13/h3-4,7,14H,2,5-6H2,1H3. The molecule has 0 spiro atoms. The predicted molar refractivity (Wildman–Crippen MR) is 66.8 cm³/mol. The molecule has 0 aliphatic heterocycles. The van der Waals surface area contributed by atoms with Crippen molar-refractivity contribution >= 4 is 27.7 Å². The van der Waals surface area contributed by atoms with Gasteiger partial charge >= 0.3 is 5.97 Å². The molecule has 0 bridgehead atoms. The van der Waals surface area contributed by atoms with Gasteiger partial charge in [0, 0.05) is 17.3 Å². The van der Waals surface area contributed by atoms with Crippen LogP contribution in [0, 0.1) is 0 Å². The lowest BCUT2D eigenvalue weighted by molar-refractivity contribution is 0.0523. The topological polar surface area (TPSA) is 63.6 Å². The quantitative estimate of drug-likeness (QED) is 0.516. The minimum atomic E-state index is -0.551. The molecule has 0 atom stereocenters. The van der Waals surface area contributed by atoms with E-state index in [1.54, 1.807) is 6.92 Å². The smallest absolute Gasteiger partial charge is 0.338 e. The Labute approximate surface area is 108 Å². The maximum atomic E-state index is 11.8. The first kappa shape index (κ1) is 13.7.